The van der Waals surface area contributed by atoms with E-state index >= 15 is 0 Å². The van der Waals surface area contributed by atoms with Gasteiger partial charge in [0.2, 0.25) is 0 Å². The second kappa shape index (κ2) is 11.4. The lowest BCUT2D eigenvalue weighted by Crippen LogP contribution is -2.61. The molecule has 22 heavy (non-hydrogen) atoms. The standard InChI is InChI=1S/C18H40N4/c1-5-17-18(6-2,7-3)22(8-4)16-10-12-20-15-14-19-11-9-13-21-17/h17,19-21H,5-16H2,1-4H3. The Labute approximate surface area is 138 Å². The molecule has 0 aromatic carbocycles. The van der Waals surface area contributed by atoms with Gasteiger partial charge in [0.1, 0.15) is 0 Å². The first-order valence-electron chi connectivity index (χ1n) is 9.64. The first-order valence-corrected chi connectivity index (χ1v) is 9.64. The molecule has 4 nitrogen and oxygen atoms in total. The van der Waals surface area contributed by atoms with Crippen molar-refractivity contribution in [3.05, 3.63) is 0 Å². The topological polar surface area (TPSA) is 39.3 Å². The number of hydrogen-bond donors (Lipinski definition) is 3. The average molecular weight is 313 g/mol. The predicted molar refractivity (Wildman–Crippen MR) is 97.6 cm³/mol. The van der Waals surface area contributed by atoms with E-state index in [1.807, 2.05) is 0 Å². The zero-order valence-corrected chi connectivity index (χ0v) is 15.5. The molecule has 1 atom stereocenters. The van der Waals surface area contributed by atoms with Gasteiger partial charge in [-0.05, 0) is 64.8 Å². The van der Waals surface area contributed by atoms with E-state index in [1.54, 1.807) is 0 Å². The summed E-state index contributed by atoms with van der Waals surface area (Å²) in [7, 11) is 0. The average Bonchev–Trinajstić information content (AvgIpc) is 2.56. The van der Waals surface area contributed by atoms with E-state index < -0.39 is 0 Å². The number of rotatable bonds is 4. The molecule has 132 valence electrons. The SMILES string of the molecule is CCC1NCCCNCCNCCCN(CC)C1(CC)CC. The van der Waals surface area contributed by atoms with E-state index in [0.29, 0.717) is 11.6 Å². The molecular weight excluding hydrogens is 272 g/mol. The highest BCUT2D eigenvalue weighted by Crippen LogP contribution is 2.30. The summed E-state index contributed by atoms with van der Waals surface area (Å²) < 4.78 is 0. The molecular formula is C18H40N4. The van der Waals surface area contributed by atoms with Crippen LogP contribution < -0.4 is 16.0 Å². The Balaban J connectivity index is 2.83. The second-order valence-corrected chi connectivity index (χ2v) is 6.51. The number of nitrogens with one attached hydrogen (secondary N) is 3. The molecule has 0 amide bonds. The Kier molecular flexibility index (Phi) is 10.3. The van der Waals surface area contributed by atoms with E-state index in [-0.39, 0.29) is 0 Å². The molecule has 0 aliphatic carbocycles. The summed E-state index contributed by atoms with van der Waals surface area (Å²) in [6, 6.07) is 0.596. The largest absolute Gasteiger partial charge is 0.315 e. The molecule has 1 rings (SSSR count). The van der Waals surface area contributed by atoms with Gasteiger partial charge in [-0.1, -0.05) is 27.7 Å². The fourth-order valence-electron chi connectivity index (χ4n) is 4.13. The van der Waals surface area contributed by atoms with Crippen molar-refractivity contribution in [2.75, 3.05) is 45.8 Å². The van der Waals surface area contributed by atoms with Crippen molar-refractivity contribution >= 4 is 0 Å². The van der Waals surface area contributed by atoms with Gasteiger partial charge in [-0.25, -0.2) is 0 Å². The molecule has 0 saturated carbocycles. The Morgan fingerprint density at radius 2 is 1.50 bits per heavy atom. The fourth-order valence-corrected chi connectivity index (χ4v) is 4.13. The third kappa shape index (κ3) is 5.48. The summed E-state index contributed by atoms with van der Waals surface area (Å²) in [6.07, 6.45) is 6.13. The fraction of sp³-hybridized carbons (Fsp3) is 1.00. The Bertz CT molecular complexity index is 244. The highest BCUT2D eigenvalue weighted by atomic mass is 15.2. The van der Waals surface area contributed by atoms with Crippen molar-refractivity contribution in [3.63, 3.8) is 0 Å². The molecule has 1 saturated heterocycles. The van der Waals surface area contributed by atoms with E-state index in [1.165, 1.54) is 38.6 Å². The minimum absolute atomic E-state index is 0.307. The maximum atomic E-state index is 3.88. The minimum Gasteiger partial charge on any atom is -0.315 e. The van der Waals surface area contributed by atoms with Crippen molar-refractivity contribution in [2.45, 2.75) is 71.4 Å². The van der Waals surface area contributed by atoms with Crippen LogP contribution in [0.2, 0.25) is 0 Å². The van der Waals surface area contributed by atoms with Gasteiger partial charge in [-0.15, -0.1) is 0 Å². The zero-order chi connectivity index (χ0) is 16.3. The van der Waals surface area contributed by atoms with Gasteiger partial charge in [-0.2, -0.15) is 0 Å². The van der Waals surface area contributed by atoms with Crippen LogP contribution in [0.15, 0.2) is 0 Å². The van der Waals surface area contributed by atoms with E-state index in [4.69, 9.17) is 0 Å². The van der Waals surface area contributed by atoms with Crippen LogP contribution in [0.25, 0.3) is 0 Å². The molecule has 0 aromatic heterocycles. The van der Waals surface area contributed by atoms with Crippen LogP contribution in [0.3, 0.4) is 0 Å². The van der Waals surface area contributed by atoms with Gasteiger partial charge in [-0.3, -0.25) is 4.90 Å². The van der Waals surface area contributed by atoms with Gasteiger partial charge in [0.05, 0.1) is 0 Å². The zero-order valence-electron chi connectivity index (χ0n) is 15.5. The molecule has 3 N–H and O–H groups in total. The molecule has 0 aromatic rings. The summed E-state index contributed by atoms with van der Waals surface area (Å²) >= 11 is 0. The predicted octanol–water partition coefficient (Wildman–Crippen LogP) is 2.21. The van der Waals surface area contributed by atoms with Crippen molar-refractivity contribution < 1.29 is 0 Å². The van der Waals surface area contributed by atoms with Gasteiger partial charge < -0.3 is 16.0 Å². The quantitative estimate of drug-likeness (QED) is 0.744. The highest BCUT2D eigenvalue weighted by Gasteiger charge is 2.38. The molecule has 1 heterocycles. The second-order valence-electron chi connectivity index (χ2n) is 6.51. The summed E-state index contributed by atoms with van der Waals surface area (Å²) in [6.45, 7) is 17.3. The van der Waals surface area contributed by atoms with Crippen LogP contribution in [-0.4, -0.2) is 62.3 Å². The molecule has 0 spiro atoms. The van der Waals surface area contributed by atoms with Crippen molar-refractivity contribution in [1.29, 1.82) is 0 Å². The number of hydrogen-bond acceptors (Lipinski definition) is 4. The van der Waals surface area contributed by atoms with Crippen LogP contribution in [0.4, 0.5) is 0 Å². The van der Waals surface area contributed by atoms with Crippen LogP contribution >= 0.6 is 0 Å². The Morgan fingerprint density at radius 1 is 0.864 bits per heavy atom. The van der Waals surface area contributed by atoms with Crippen LogP contribution in [-0.2, 0) is 0 Å². The lowest BCUT2D eigenvalue weighted by molar-refractivity contribution is 0.0419. The van der Waals surface area contributed by atoms with Crippen LogP contribution in [0, 0.1) is 0 Å². The molecule has 4 heteroatoms. The maximum Gasteiger partial charge on any atom is 0.0357 e. The van der Waals surface area contributed by atoms with Gasteiger partial charge >= 0.3 is 0 Å². The van der Waals surface area contributed by atoms with E-state index in [2.05, 4.69) is 48.5 Å². The summed E-state index contributed by atoms with van der Waals surface area (Å²) in [5, 5.41) is 11.0. The number of nitrogens with zero attached hydrogens (tertiary/aromatic N) is 1. The summed E-state index contributed by atoms with van der Waals surface area (Å²) in [4.78, 5) is 2.75. The molecule has 0 bridgehead atoms. The van der Waals surface area contributed by atoms with Crippen molar-refractivity contribution in [1.82, 2.24) is 20.9 Å². The lowest BCUT2D eigenvalue weighted by Gasteiger charge is -2.48. The minimum atomic E-state index is 0.307. The third-order valence-electron chi connectivity index (χ3n) is 5.47. The normalized spacial score (nSPS) is 26.5. The number of likely N-dealkylation sites (N-methyl/N-ethyl adjacent to an activating group) is 1. The molecule has 1 aliphatic heterocycles. The van der Waals surface area contributed by atoms with Crippen molar-refractivity contribution in [3.8, 4) is 0 Å². The Morgan fingerprint density at radius 3 is 2.05 bits per heavy atom. The van der Waals surface area contributed by atoms with E-state index in [0.717, 1.165) is 39.3 Å². The molecule has 1 unspecified atom stereocenters. The molecule has 1 aliphatic rings. The van der Waals surface area contributed by atoms with Gasteiger partial charge in [0.15, 0.2) is 0 Å². The van der Waals surface area contributed by atoms with Crippen LogP contribution in [0.5, 0.6) is 0 Å². The van der Waals surface area contributed by atoms with Gasteiger partial charge in [0, 0.05) is 24.7 Å². The van der Waals surface area contributed by atoms with E-state index in [9.17, 15) is 0 Å². The van der Waals surface area contributed by atoms with Crippen LogP contribution in [0.1, 0.15) is 59.8 Å². The smallest absolute Gasteiger partial charge is 0.0357 e. The van der Waals surface area contributed by atoms with Crippen molar-refractivity contribution in [2.24, 2.45) is 0 Å². The maximum absolute atomic E-state index is 3.88. The highest BCUT2D eigenvalue weighted by molar-refractivity contribution is 4.98. The monoisotopic (exact) mass is 312 g/mol. The Hall–Kier alpha value is -0.160. The molecule has 1 fully saturated rings. The lowest BCUT2D eigenvalue weighted by atomic mass is 9.80. The molecule has 0 radical (unpaired) electrons. The van der Waals surface area contributed by atoms with Gasteiger partial charge in [0.25, 0.3) is 0 Å². The first-order chi connectivity index (χ1) is 10.7. The first kappa shape index (κ1) is 19.9. The summed E-state index contributed by atoms with van der Waals surface area (Å²) in [5.41, 5.74) is 0.307. The summed E-state index contributed by atoms with van der Waals surface area (Å²) in [5.74, 6) is 0. The third-order valence-corrected chi connectivity index (χ3v) is 5.47.